The summed E-state index contributed by atoms with van der Waals surface area (Å²) in [6.07, 6.45) is 0. The Balaban J connectivity index is 1.96. The van der Waals surface area contributed by atoms with E-state index in [0.29, 0.717) is 17.4 Å². The highest BCUT2D eigenvalue weighted by atomic mass is 79.9. The van der Waals surface area contributed by atoms with Gasteiger partial charge in [0.05, 0.1) is 10.2 Å². The first-order valence-electron chi connectivity index (χ1n) is 9.61. The Morgan fingerprint density at radius 3 is 2.57 bits per heavy atom. The number of likely N-dealkylation sites (N-methyl/N-ethyl adjacent to an activating group) is 1. The van der Waals surface area contributed by atoms with E-state index in [9.17, 15) is 4.79 Å². The molecule has 0 unspecified atom stereocenters. The molecule has 0 aliphatic heterocycles. The fraction of sp³-hybridized carbons (Fsp3) is 0.450. The van der Waals surface area contributed by atoms with Crippen molar-refractivity contribution in [2.45, 2.75) is 34.2 Å². The van der Waals surface area contributed by atoms with E-state index in [2.05, 4.69) is 39.8 Å². The van der Waals surface area contributed by atoms with Gasteiger partial charge in [-0.2, -0.15) is 5.10 Å². The molecular weight excluding hydrogens is 438 g/mol. The summed E-state index contributed by atoms with van der Waals surface area (Å²) in [5.74, 6) is -0.0967. The number of carbonyl (C=O) groups excluding carboxylic acids is 1. The van der Waals surface area contributed by atoms with E-state index in [1.807, 2.05) is 42.8 Å². The van der Waals surface area contributed by atoms with Gasteiger partial charge in [0.25, 0.3) is 5.91 Å². The Kier molecular flexibility index (Phi) is 6.85. The number of hydrogen-bond donors (Lipinski definition) is 0. The van der Waals surface area contributed by atoms with E-state index in [4.69, 9.17) is 4.98 Å². The molecule has 0 saturated carbocycles. The van der Waals surface area contributed by atoms with Crippen molar-refractivity contribution < 1.29 is 4.79 Å². The zero-order valence-electron chi connectivity index (χ0n) is 16.8. The summed E-state index contributed by atoms with van der Waals surface area (Å²) >= 11 is 5.05. The van der Waals surface area contributed by atoms with Gasteiger partial charge in [-0.25, -0.2) is 4.98 Å². The van der Waals surface area contributed by atoms with Crippen LogP contribution in [-0.2, 0) is 6.54 Å². The number of fused-ring (bicyclic) bond motifs is 1. The molecule has 0 radical (unpaired) electrons. The van der Waals surface area contributed by atoms with E-state index in [1.54, 1.807) is 4.90 Å². The minimum Gasteiger partial charge on any atom is -0.302 e. The van der Waals surface area contributed by atoms with E-state index in [0.717, 1.165) is 46.6 Å². The summed E-state index contributed by atoms with van der Waals surface area (Å²) in [5, 5.41) is 5.21. The zero-order chi connectivity index (χ0) is 20.3. The molecule has 0 atom stereocenters. The number of halogens is 1. The van der Waals surface area contributed by atoms with Gasteiger partial charge in [0, 0.05) is 29.8 Å². The van der Waals surface area contributed by atoms with Crippen molar-refractivity contribution in [3.05, 3.63) is 40.1 Å². The molecule has 6 nitrogen and oxygen atoms in total. The van der Waals surface area contributed by atoms with Crippen molar-refractivity contribution in [1.29, 1.82) is 0 Å². The molecule has 2 heterocycles. The van der Waals surface area contributed by atoms with E-state index in [-0.39, 0.29) is 5.91 Å². The molecule has 0 aliphatic carbocycles. The van der Waals surface area contributed by atoms with Crippen molar-refractivity contribution >= 4 is 48.5 Å². The van der Waals surface area contributed by atoms with Crippen LogP contribution < -0.4 is 4.90 Å². The highest BCUT2D eigenvalue weighted by molar-refractivity contribution is 9.10. The SMILES string of the molecule is CCN(CC)CCN(C(=O)c1cc(C)n(CC)n1)c1nc2ccc(Br)cc2s1. The van der Waals surface area contributed by atoms with E-state index in [1.165, 1.54) is 11.3 Å². The molecule has 0 N–H and O–H groups in total. The van der Waals surface area contributed by atoms with Crippen molar-refractivity contribution in [2.24, 2.45) is 0 Å². The fourth-order valence-corrected chi connectivity index (χ4v) is 4.68. The van der Waals surface area contributed by atoms with Gasteiger partial charge in [0.1, 0.15) is 0 Å². The minimum atomic E-state index is -0.0967. The zero-order valence-corrected chi connectivity index (χ0v) is 19.2. The quantitative estimate of drug-likeness (QED) is 0.490. The van der Waals surface area contributed by atoms with E-state index >= 15 is 0 Å². The van der Waals surface area contributed by atoms with Crippen LogP contribution in [0.5, 0.6) is 0 Å². The number of thiazole rings is 1. The third kappa shape index (κ3) is 4.45. The summed E-state index contributed by atoms with van der Waals surface area (Å²) in [6.45, 7) is 12.3. The standard InChI is InChI=1S/C20H26BrN5OS/c1-5-24(6-2)10-11-25(19(27)17-12-14(4)26(7-3)23-17)20-22-16-9-8-15(21)13-18(16)28-20/h8-9,12-13H,5-7,10-11H2,1-4H3. The van der Waals surface area contributed by atoms with Crippen molar-refractivity contribution in [3.8, 4) is 0 Å². The molecule has 0 fully saturated rings. The second-order valence-corrected chi connectivity index (χ2v) is 8.50. The van der Waals surface area contributed by atoms with Crippen molar-refractivity contribution in [2.75, 3.05) is 31.1 Å². The molecule has 0 spiro atoms. The third-order valence-electron chi connectivity index (χ3n) is 4.85. The van der Waals surface area contributed by atoms with Gasteiger partial charge in [-0.3, -0.25) is 14.4 Å². The van der Waals surface area contributed by atoms with Crippen molar-refractivity contribution in [1.82, 2.24) is 19.7 Å². The Bertz CT molecular complexity index is 963. The Morgan fingerprint density at radius 1 is 1.18 bits per heavy atom. The van der Waals surface area contributed by atoms with Crippen LogP contribution in [0.3, 0.4) is 0 Å². The third-order valence-corrected chi connectivity index (χ3v) is 6.38. The molecule has 0 bridgehead atoms. The maximum Gasteiger partial charge on any atom is 0.280 e. The Hall–Kier alpha value is -1.77. The van der Waals surface area contributed by atoms with Crippen LogP contribution in [0.1, 0.15) is 37.0 Å². The number of anilines is 1. The maximum absolute atomic E-state index is 13.3. The average Bonchev–Trinajstić information content (AvgIpc) is 3.27. The average molecular weight is 464 g/mol. The minimum absolute atomic E-state index is 0.0967. The molecule has 28 heavy (non-hydrogen) atoms. The fourth-order valence-electron chi connectivity index (χ4n) is 3.14. The number of nitrogens with zero attached hydrogens (tertiary/aromatic N) is 5. The van der Waals surface area contributed by atoms with Crippen LogP contribution in [0, 0.1) is 6.92 Å². The van der Waals surface area contributed by atoms with Crippen LogP contribution in [0.25, 0.3) is 10.2 Å². The monoisotopic (exact) mass is 463 g/mol. The van der Waals surface area contributed by atoms with Gasteiger partial charge in [0.2, 0.25) is 0 Å². The summed E-state index contributed by atoms with van der Waals surface area (Å²) in [5.41, 5.74) is 2.36. The van der Waals surface area contributed by atoms with Crippen LogP contribution in [0.2, 0.25) is 0 Å². The lowest BCUT2D eigenvalue weighted by Gasteiger charge is -2.24. The molecule has 3 rings (SSSR count). The maximum atomic E-state index is 13.3. The predicted molar refractivity (Wildman–Crippen MR) is 119 cm³/mol. The number of benzene rings is 1. The normalized spacial score (nSPS) is 11.5. The first-order chi connectivity index (χ1) is 13.5. The van der Waals surface area contributed by atoms with Crippen LogP contribution in [-0.4, -0.2) is 51.8 Å². The molecule has 2 aromatic heterocycles. The smallest absolute Gasteiger partial charge is 0.280 e. The highest BCUT2D eigenvalue weighted by Crippen LogP contribution is 2.31. The number of amides is 1. The highest BCUT2D eigenvalue weighted by Gasteiger charge is 2.24. The van der Waals surface area contributed by atoms with Gasteiger partial charge >= 0.3 is 0 Å². The number of rotatable bonds is 8. The first-order valence-corrected chi connectivity index (χ1v) is 11.2. The molecule has 8 heteroatoms. The lowest BCUT2D eigenvalue weighted by molar-refractivity contribution is 0.0978. The second-order valence-electron chi connectivity index (χ2n) is 6.58. The second kappa shape index (κ2) is 9.15. The predicted octanol–water partition coefficient (Wildman–Crippen LogP) is 4.57. The summed E-state index contributed by atoms with van der Waals surface area (Å²) in [7, 11) is 0. The molecule has 1 aromatic carbocycles. The molecule has 3 aromatic rings. The lowest BCUT2D eigenvalue weighted by Crippen LogP contribution is -2.39. The van der Waals surface area contributed by atoms with Gasteiger partial charge in [-0.05, 0) is 51.2 Å². The number of aromatic nitrogens is 3. The van der Waals surface area contributed by atoms with E-state index < -0.39 is 0 Å². The molecular formula is C20H26BrN5OS. The summed E-state index contributed by atoms with van der Waals surface area (Å²) in [6, 6.07) is 7.85. The first kappa shape index (κ1) is 21.0. The van der Waals surface area contributed by atoms with Crippen LogP contribution in [0.15, 0.2) is 28.7 Å². The molecule has 150 valence electrons. The molecule has 1 amide bonds. The molecule has 0 saturated heterocycles. The van der Waals surface area contributed by atoms with Crippen LogP contribution >= 0.6 is 27.3 Å². The summed E-state index contributed by atoms with van der Waals surface area (Å²) in [4.78, 5) is 22.2. The lowest BCUT2D eigenvalue weighted by atomic mass is 10.3. The van der Waals surface area contributed by atoms with Crippen molar-refractivity contribution in [3.63, 3.8) is 0 Å². The summed E-state index contributed by atoms with van der Waals surface area (Å²) < 4.78 is 3.92. The van der Waals surface area contributed by atoms with Gasteiger partial charge in [-0.15, -0.1) is 0 Å². The Morgan fingerprint density at radius 2 is 1.93 bits per heavy atom. The van der Waals surface area contributed by atoms with Gasteiger partial charge in [0.15, 0.2) is 10.8 Å². The topological polar surface area (TPSA) is 54.3 Å². The van der Waals surface area contributed by atoms with Gasteiger partial charge < -0.3 is 4.90 Å². The number of hydrogen-bond acceptors (Lipinski definition) is 5. The van der Waals surface area contributed by atoms with Gasteiger partial charge in [-0.1, -0.05) is 41.1 Å². The largest absolute Gasteiger partial charge is 0.302 e. The van der Waals surface area contributed by atoms with Crippen LogP contribution in [0.4, 0.5) is 5.13 Å². The Labute approximate surface area is 178 Å². The number of aryl methyl sites for hydroxylation is 2. The number of carbonyl (C=O) groups is 1. The molecule has 0 aliphatic rings.